The number of aliphatic carboxylic acids is 1. The van der Waals surface area contributed by atoms with Crippen LogP contribution in [0.15, 0.2) is 11.6 Å². The summed E-state index contributed by atoms with van der Waals surface area (Å²) < 4.78 is 5.41. The van der Waals surface area contributed by atoms with Crippen LogP contribution in [0.3, 0.4) is 0 Å². The second-order valence-corrected chi connectivity index (χ2v) is 3.91. The van der Waals surface area contributed by atoms with E-state index < -0.39 is 5.97 Å². The minimum absolute atomic E-state index is 0.469. The Kier molecular flexibility index (Phi) is 11.0. The molecule has 2 N–H and O–H groups in total. The number of carboxylic acid groups (broad SMARTS) is 1. The summed E-state index contributed by atoms with van der Waals surface area (Å²) in [5.41, 5.74) is 0.469. The van der Waals surface area contributed by atoms with E-state index in [1.165, 1.54) is 0 Å². The Hall–Kier alpha value is -0.870. The molecule has 0 saturated heterocycles. The third-order valence-corrected chi connectivity index (χ3v) is 2.43. The van der Waals surface area contributed by atoms with Gasteiger partial charge in [0.2, 0.25) is 0 Å². The quantitative estimate of drug-likeness (QED) is 0.431. The molecule has 0 aromatic heterocycles. The van der Waals surface area contributed by atoms with E-state index >= 15 is 0 Å². The third kappa shape index (κ3) is 10.0. The summed E-state index contributed by atoms with van der Waals surface area (Å²) in [7, 11) is 0. The maximum Gasteiger partial charge on any atom is 0.331 e. The van der Waals surface area contributed by atoms with Crippen LogP contribution in [0.2, 0.25) is 0 Å². The van der Waals surface area contributed by atoms with Gasteiger partial charge in [0.15, 0.2) is 0 Å². The molecule has 0 radical (unpaired) electrons. The highest BCUT2D eigenvalue weighted by Gasteiger charge is 2.01. The van der Waals surface area contributed by atoms with Gasteiger partial charge >= 0.3 is 5.97 Å². The molecular formula is C13H25NO3. The lowest BCUT2D eigenvalue weighted by molar-refractivity contribution is -0.132. The molecule has 0 aliphatic rings. The van der Waals surface area contributed by atoms with Crippen molar-refractivity contribution in [2.45, 2.75) is 39.5 Å². The van der Waals surface area contributed by atoms with E-state index in [4.69, 9.17) is 9.84 Å². The Morgan fingerprint density at radius 3 is 2.59 bits per heavy atom. The Labute approximate surface area is 104 Å². The summed E-state index contributed by atoms with van der Waals surface area (Å²) in [4.78, 5) is 10.7. The highest BCUT2D eigenvalue weighted by Crippen LogP contribution is 1.98. The molecule has 0 spiro atoms. The van der Waals surface area contributed by atoms with Crippen molar-refractivity contribution in [2.24, 2.45) is 0 Å². The van der Waals surface area contributed by atoms with Gasteiger partial charge in [-0.3, -0.25) is 0 Å². The van der Waals surface area contributed by atoms with E-state index in [0.29, 0.717) is 18.5 Å². The molecule has 0 atom stereocenters. The second kappa shape index (κ2) is 11.6. The molecule has 0 amide bonds. The molecule has 0 fully saturated rings. The molecule has 0 aromatic rings. The smallest absolute Gasteiger partial charge is 0.331 e. The molecule has 100 valence electrons. The van der Waals surface area contributed by atoms with Gasteiger partial charge in [-0.05, 0) is 25.8 Å². The summed E-state index contributed by atoms with van der Waals surface area (Å²) in [6.07, 6.45) is 5.55. The molecule has 0 rings (SSSR count). The average Bonchev–Trinajstić information content (AvgIpc) is 2.31. The van der Waals surface area contributed by atoms with Crippen LogP contribution in [-0.4, -0.2) is 37.4 Å². The van der Waals surface area contributed by atoms with Gasteiger partial charge in [-0.15, -0.1) is 0 Å². The average molecular weight is 243 g/mol. The monoisotopic (exact) mass is 243 g/mol. The first-order valence-corrected chi connectivity index (χ1v) is 6.43. The normalized spacial score (nSPS) is 11.8. The molecule has 0 bridgehead atoms. The number of carboxylic acids is 1. The Balaban J connectivity index is 3.36. The van der Waals surface area contributed by atoms with Gasteiger partial charge in [-0.1, -0.05) is 26.3 Å². The lowest BCUT2D eigenvalue weighted by Crippen LogP contribution is -2.18. The van der Waals surface area contributed by atoms with Gasteiger partial charge in [-0.2, -0.15) is 0 Å². The highest BCUT2D eigenvalue weighted by atomic mass is 16.5. The predicted molar refractivity (Wildman–Crippen MR) is 69.2 cm³/mol. The second-order valence-electron chi connectivity index (χ2n) is 3.91. The standard InChI is InChI=1S/C13H25NO3/c1-3-5-10-17-11-6-8-14-9-7-12(4-2)13(15)16/h7,14H,3-6,8-11H2,1-2H3,(H,15,16)/b12-7-. The molecule has 4 heteroatoms. The molecular weight excluding hydrogens is 218 g/mol. The molecule has 0 aliphatic carbocycles. The van der Waals surface area contributed by atoms with Crippen LogP contribution in [0.5, 0.6) is 0 Å². The van der Waals surface area contributed by atoms with Crippen LogP contribution in [0.1, 0.15) is 39.5 Å². The summed E-state index contributed by atoms with van der Waals surface area (Å²) in [5, 5.41) is 12.0. The summed E-state index contributed by atoms with van der Waals surface area (Å²) >= 11 is 0. The van der Waals surface area contributed by atoms with Crippen molar-refractivity contribution in [3.63, 3.8) is 0 Å². The largest absolute Gasteiger partial charge is 0.478 e. The first-order valence-electron chi connectivity index (χ1n) is 6.43. The van der Waals surface area contributed by atoms with Crippen LogP contribution in [0, 0.1) is 0 Å². The number of unbranched alkanes of at least 4 members (excludes halogenated alkanes) is 1. The van der Waals surface area contributed by atoms with Crippen molar-refractivity contribution >= 4 is 5.97 Å². The van der Waals surface area contributed by atoms with Gasteiger partial charge in [0.25, 0.3) is 0 Å². The molecule has 4 nitrogen and oxygen atoms in total. The van der Waals surface area contributed by atoms with E-state index in [0.717, 1.165) is 39.0 Å². The van der Waals surface area contributed by atoms with Crippen molar-refractivity contribution in [3.8, 4) is 0 Å². The van der Waals surface area contributed by atoms with E-state index in [1.807, 2.05) is 6.92 Å². The Morgan fingerprint density at radius 2 is 2.00 bits per heavy atom. The van der Waals surface area contributed by atoms with E-state index in [2.05, 4.69) is 12.2 Å². The number of hydrogen-bond acceptors (Lipinski definition) is 3. The van der Waals surface area contributed by atoms with Crippen LogP contribution in [0.25, 0.3) is 0 Å². The first kappa shape index (κ1) is 16.1. The fraction of sp³-hybridized carbons (Fsp3) is 0.769. The van der Waals surface area contributed by atoms with Crippen molar-refractivity contribution < 1.29 is 14.6 Å². The molecule has 0 heterocycles. The van der Waals surface area contributed by atoms with E-state index in [9.17, 15) is 4.79 Å². The lowest BCUT2D eigenvalue weighted by atomic mass is 10.2. The summed E-state index contributed by atoms with van der Waals surface area (Å²) in [6.45, 7) is 7.09. The van der Waals surface area contributed by atoms with Crippen molar-refractivity contribution in [2.75, 3.05) is 26.3 Å². The number of nitrogens with one attached hydrogen (secondary N) is 1. The SMILES string of the molecule is CCCCOCCCNC/C=C(/CC)C(=O)O. The van der Waals surface area contributed by atoms with Crippen LogP contribution in [-0.2, 0) is 9.53 Å². The predicted octanol–water partition coefficient (Wildman–Crippen LogP) is 2.20. The van der Waals surface area contributed by atoms with Crippen molar-refractivity contribution in [1.82, 2.24) is 5.32 Å². The number of hydrogen-bond donors (Lipinski definition) is 2. The molecule has 0 unspecified atom stereocenters. The molecule has 0 aromatic carbocycles. The maximum atomic E-state index is 10.7. The number of ether oxygens (including phenoxy) is 1. The lowest BCUT2D eigenvalue weighted by Gasteiger charge is -2.04. The Bertz CT molecular complexity index is 227. The highest BCUT2D eigenvalue weighted by molar-refractivity contribution is 5.86. The zero-order valence-corrected chi connectivity index (χ0v) is 11.0. The third-order valence-electron chi connectivity index (χ3n) is 2.43. The topological polar surface area (TPSA) is 58.6 Å². The van der Waals surface area contributed by atoms with Gasteiger partial charge in [0, 0.05) is 25.3 Å². The van der Waals surface area contributed by atoms with Gasteiger partial charge in [-0.25, -0.2) is 4.79 Å². The minimum atomic E-state index is -0.822. The molecule has 0 saturated carbocycles. The van der Waals surface area contributed by atoms with Crippen molar-refractivity contribution in [1.29, 1.82) is 0 Å². The van der Waals surface area contributed by atoms with Crippen molar-refractivity contribution in [3.05, 3.63) is 11.6 Å². The van der Waals surface area contributed by atoms with Crippen LogP contribution in [0.4, 0.5) is 0 Å². The molecule has 0 aliphatic heterocycles. The number of carbonyl (C=O) groups is 1. The van der Waals surface area contributed by atoms with Gasteiger partial charge < -0.3 is 15.2 Å². The zero-order valence-electron chi connectivity index (χ0n) is 11.0. The van der Waals surface area contributed by atoms with Gasteiger partial charge in [0.05, 0.1) is 0 Å². The zero-order chi connectivity index (χ0) is 12.9. The van der Waals surface area contributed by atoms with Crippen LogP contribution >= 0.6 is 0 Å². The summed E-state index contributed by atoms with van der Waals surface area (Å²) in [5.74, 6) is -0.822. The number of rotatable bonds is 11. The Morgan fingerprint density at radius 1 is 1.29 bits per heavy atom. The first-order chi connectivity index (χ1) is 8.22. The maximum absolute atomic E-state index is 10.7. The fourth-order valence-electron chi connectivity index (χ4n) is 1.33. The van der Waals surface area contributed by atoms with Crippen LogP contribution < -0.4 is 5.32 Å². The van der Waals surface area contributed by atoms with E-state index in [-0.39, 0.29) is 0 Å². The fourth-order valence-corrected chi connectivity index (χ4v) is 1.33. The summed E-state index contributed by atoms with van der Waals surface area (Å²) in [6, 6.07) is 0. The minimum Gasteiger partial charge on any atom is -0.478 e. The van der Waals surface area contributed by atoms with Gasteiger partial charge in [0.1, 0.15) is 0 Å². The van der Waals surface area contributed by atoms with E-state index in [1.54, 1.807) is 6.08 Å². The molecule has 17 heavy (non-hydrogen) atoms.